The van der Waals surface area contributed by atoms with E-state index in [4.69, 9.17) is 0 Å². The van der Waals surface area contributed by atoms with Crippen molar-refractivity contribution in [3.05, 3.63) is 23.8 Å². The van der Waals surface area contributed by atoms with Crippen LogP contribution in [0.2, 0.25) is 0 Å². The van der Waals surface area contributed by atoms with Gasteiger partial charge in [0.15, 0.2) is 5.82 Å². The summed E-state index contributed by atoms with van der Waals surface area (Å²) in [5, 5.41) is 0.274. The largest absolute Gasteiger partial charge is 0.290 e. The third-order valence-electron chi connectivity index (χ3n) is 1.17. The molecule has 3 nitrogen and oxygen atoms in total. The van der Waals surface area contributed by atoms with Crippen LogP contribution in [0.3, 0.4) is 0 Å². The highest BCUT2D eigenvalue weighted by Gasteiger charge is 2.05. The molecule has 0 atom stereocenters. The van der Waals surface area contributed by atoms with Crippen LogP contribution in [0.4, 0.5) is 0 Å². The molecule has 0 aromatic carbocycles. The summed E-state index contributed by atoms with van der Waals surface area (Å²) in [6.07, 6.45) is 1.58. The molecule has 58 valence electrons. The van der Waals surface area contributed by atoms with E-state index in [0.29, 0.717) is 0 Å². The van der Waals surface area contributed by atoms with Crippen molar-refractivity contribution in [2.75, 3.05) is 5.33 Å². The van der Waals surface area contributed by atoms with E-state index < -0.39 is 0 Å². The molecular weight excluding hydrogens is 208 g/mol. The normalized spacial score (nSPS) is 9.64. The number of ketones is 1. The van der Waals surface area contributed by atoms with E-state index >= 15 is 0 Å². The molecule has 1 heterocycles. The Morgan fingerprint density at radius 2 is 2.45 bits per heavy atom. The van der Waals surface area contributed by atoms with Crippen molar-refractivity contribution in [2.45, 2.75) is 6.92 Å². The maximum atomic E-state index is 11.0. The monoisotopic (exact) mass is 214 g/mol. The molecule has 0 radical (unpaired) electrons. The van der Waals surface area contributed by atoms with Gasteiger partial charge < -0.3 is 0 Å². The van der Waals surface area contributed by atoms with E-state index in [-0.39, 0.29) is 16.9 Å². The molecule has 0 aliphatic heterocycles. The first-order chi connectivity index (χ1) is 5.24. The Hall–Kier alpha value is -0.770. The number of alkyl halides is 1. The third-order valence-corrected chi connectivity index (χ3v) is 1.67. The van der Waals surface area contributed by atoms with Crippen molar-refractivity contribution in [3.63, 3.8) is 0 Å². The Labute approximate surface area is 73.0 Å². The van der Waals surface area contributed by atoms with E-state index in [1.807, 2.05) is 6.92 Å². The molecule has 0 fully saturated rings. The van der Waals surface area contributed by atoms with Gasteiger partial charge in [-0.1, -0.05) is 15.9 Å². The van der Waals surface area contributed by atoms with Crippen molar-refractivity contribution in [2.24, 2.45) is 0 Å². The third kappa shape index (κ3) is 2.08. The molecule has 0 saturated heterocycles. The number of rotatable bonds is 2. The van der Waals surface area contributed by atoms with Gasteiger partial charge in [0, 0.05) is 11.9 Å². The molecule has 0 aliphatic rings. The van der Waals surface area contributed by atoms with Gasteiger partial charge in [0.05, 0.1) is 5.33 Å². The van der Waals surface area contributed by atoms with Crippen molar-refractivity contribution in [1.82, 2.24) is 9.97 Å². The maximum absolute atomic E-state index is 11.0. The Balaban J connectivity index is 2.96. The quantitative estimate of drug-likeness (QED) is 0.552. The number of aryl methyl sites for hydroxylation is 1. The first kappa shape index (κ1) is 8.33. The van der Waals surface area contributed by atoms with Crippen LogP contribution in [0.5, 0.6) is 0 Å². The highest BCUT2D eigenvalue weighted by atomic mass is 79.9. The molecule has 0 spiro atoms. The van der Waals surface area contributed by atoms with Crippen LogP contribution >= 0.6 is 15.9 Å². The second-order valence-corrected chi connectivity index (χ2v) is 2.64. The van der Waals surface area contributed by atoms with Crippen molar-refractivity contribution < 1.29 is 4.79 Å². The van der Waals surface area contributed by atoms with Crippen molar-refractivity contribution in [3.8, 4) is 0 Å². The molecule has 1 aromatic heterocycles. The molecular formula is C7H7BrN2O. The summed E-state index contributed by atoms with van der Waals surface area (Å²) in [4.78, 5) is 18.8. The van der Waals surface area contributed by atoms with Gasteiger partial charge in [0.2, 0.25) is 5.78 Å². The molecule has 0 aliphatic carbocycles. The maximum Gasteiger partial charge on any atom is 0.210 e. The SMILES string of the molecule is Cc1ccnc(C(=O)CBr)n1. The molecule has 0 bridgehead atoms. The zero-order chi connectivity index (χ0) is 8.27. The number of carbonyl (C=O) groups is 1. The smallest absolute Gasteiger partial charge is 0.210 e. The molecule has 0 N–H and O–H groups in total. The molecule has 4 heteroatoms. The second kappa shape index (κ2) is 3.57. The summed E-state index contributed by atoms with van der Waals surface area (Å²) < 4.78 is 0. The van der Waals surface area contributed by atoms with Crippen LogP contribution in [-0.2, 0) is 0 Å². The summed E-state index contributed by atoms with van der Waals surface area (Å²) in [7, 11) is 0. The standard InChI is InChI=1S/C7H7BrN2O/c1-5-2-3-9-7(10-5)6(11)4-8/h2-3H,4H2,1H3. The van der Waals surface area contributed by atoms with Gasteiger partial charge >= 0.3 is 0 Å². The lowest BCUT2D eigenvalue weighted by molar-refractivity contribution is 0.101. The van der Waals surface area contributed by atoms with Crippen LogP contribution < -0.4 is 0 Å². The number of Topliss-reactive ketones (excluding diaryl/α,β-unsaturated/α-hetero) is 1. The molecule has 1 aromatic rings. The molecule has 1 rings (SSSR count). The topological polar surface area (TPSA) is 42.9 Å². The number of hydrogen-bond donors (Lipinski definition) is 0. The summed E-state index contributed by atoms with van der Waals surface area (Å²) >= 11 is 3.05. The minimum absolute atomic E-state index is 0.0892. The van der Waals surface area contributed by atoms with Gasteiger partial charge in [-0.3, -0.25) is 4.79 Å². The van der Waals surface area contributed by atoms with Crippen LogP contribution in [-0.4, -0.2) is 21.1 Å². The average molecular weight is 215 g/mol. The summed E-state index contributed by atoms with van der Waals surface area (Å²) in [5.74, 6) is 0.190. The predicted octanol–water partition coefficient (Wildman–Crippen LogP) is 1.36. The van der Waals surface area contributed by atoms with Crippen molar-refractivity contribution in [1.29, 1.82) is 0 Å². The fraction of sp³-hybridized carbons (Fsp3) is 0.286. The van der Waals surface area contributed by atoms with E-state index in [0.717, 1.165) is 5.69 Å². The number of halogens is 1. The summed E-state index contributed by atoms with van der Waals surface area (Å²) in [6, 6.07) is 1.75. The van der Waals surface area contributed by atoms with Gasteiger partial charge in [-0.15, -0.1) is 0 Å². The highest BCUT2D eigenvalue weighted by Crippen LogP contribution is 1.96. The highest BCUT2D eigenvalue weighted by molar-refractivity contribution is 9.09. The average Bonchev–Trinajstić information content (AvgIpc) is 2.03. The molecule has 11 heavy (non-hydrogen) atoms. The fourth-order valence-electron chi connectivity index (χ4n) is 0.643. The predicted molar refractivity (Wildman–Crippen MR) is 44.9 cm³/mol. The number of aromatic nitrogens is 2. The van der Waals surface area contributed by atoms with Gasteiger partial charge in [0.1, 0.15) is 0 Å². The van der Waals surface area contributed by atoms with E-state index in [1.54, 1.807) is 12.3 Å². The first-order valence-electron chi connectivity index (χ1n) is 3.13. The number of carbonyl (C=O) groups excluding carboxylic acids is 1. The molecule has 0 unspecified atom stereocenters. The Morgan fingerprint density at radius 1 is 1.73 bits per heavy atom. The van der Waals surface area contributed by atoms with Crippen LogP contribution in [0, 0.1) is 6.92 Å². The second-order valence-electron chi connectivity index (χ2n) is 2.08. The van der Waals surface area contributed by atoms with Crippen LogP contribution in [0.15, 0.2) is 12.3 Å². The summed E-state index contributed by atoms with van der Waals surface area (Å²) in [5.41, 5.74) is 0.810. The lowest BCUT2D eigenvalue weighted by Gasteiger charge is -1.94. The number of hydrogen-bond acceptors (Lipinski definition) is 3. The first-order valence-corrected chi connectivity index (χ1v) is 4.25. The number of nitrogens with zero attached hydrogens (tertiary/aromatic N) is 2. The Morgan fingerprint density at radius 3 is 3.00 bits per heavy atom. The molecule has 0 saturated carbocycles. The zero-order valence-corrected chi connectivity index (χ0v) is 7.63. The van der Waals surface area contributed by atoms with E-state index in [2.05, 4.69) is 25.9 Å². The van der Waals surface area contributed by atoms with Gasteiger partial charge in [-0.05, 0) is 13.0 Å². The van der Waals surface area contributed by atoms with Gasteiger partial charge in [-0.25, -0.2) is 9.97 Å². The van der Waals surface area contributed by atoms with E-state index in [1.165, 1.54) is 0 Å². The van der Waals surface area contributed by atoms with Crippen LogP contribution in [0.1, 0.15) is 16.3 Å². The Kier molecular flexibility index (Phi) is 2.70. The molecule has 0 amide bonds. The van der Waals surface area contributed by atoms with Crippen molar-refractivity contribution >= 4 is 21.7 Å². The lowest BCUT2D eigenvalue weighted by Crippen LogP contribution is -2.06. The zero-order valence-electron chi connectivity index (χ0n) is 6.04. The van der Waals surface area contributed by atoms with E-state index in [9.17, 15) is 4.79 Å². The summed E-state index contributed by atoms with van der Waals surface area (Å²) in [6.45, 7) is 1.83. The fourth-order valence-corrected chi connectivity index (χ4v) is 0.894. The Bertz CT molecular complexity index is 275. The van der Waals surface area contributed by atoms with Gasteiger partial charge in [0.25, 0.3) is 0 Å². The minimum Gasteiger partial charge on any atom is -0.290 e. The lowest BCUT2D eigenvalue weighted by atomic mass is 10.4. The minimum atomic E-state index is -0.0892. The van der Waals surface area contributed by atoms with Gasteiger partial charge in [-0.2, -0.15) is 0 Å². The van der Waals surface area contributed by atoms with Crippen LogP contribution in [0.25, 0.3) is 0 Å².